The summed E-state index contributed by atoms with van der Waals surface area (Å²) >= 11 is 0. The first-order valence-electron chi connectivity index (χ1n) is 4.21. The van der Waals surface area contributed by atoms with E-state index in [1.165, 1.54) is 17.0 Å². The molecule has 0 spiro atoms. The van der Waals surface area contributed by atoms with Gasteiger partial charge in [0.05, 0.1) is 5.75 Å². The van der Waals surface area contributed by atoms with Crippen molar-refractivity contribution in [2.24, 2.45) is 0 Å². The largest absolute Gasteiger partial charge is 0.382 e. The average molecular weight is 226 g/mol. The van der Waals surface area contributed by atoms with E-state index in [0.29, 0.717) is 17.0 Å². The van der Waals surface area contributed by atoms with Crippen molar-refractivity contribution in [1.82, 2.24) is 14.6 Å². The summed E-state index contributed by atoms with van der Waals surface area (Å²) in [5.41, 5.74) is 6.67. The Balaban J connectivity index is 2.47. The fourth-order valence-corrected chi connectivity index (χ4v) is 2.07. The van der Waals surface area contributed by atoms with E-state index in [9.17, 15) is 8.42 Å². The summed E-state index contributed by atoms with van der Waals surface area (Å²) in [5, 5.41) is 3.94. The lowest BCUT2D eigenvalue weighted by Gasteiger charge is -1.99. The molecular weight excluding hydrogens is 216 g/mol. The molecule has 0 aliphatic rings. The van der Waals surface area contributed by atoms with Crippen LogP contribution in [0.3, 0.4) is 0 Å². The van der Waals surface area contributed by atoms with Crippen LogP contribution in [-0.2, 0) is 15.6 Å². The van der Waals surface area contributed by atoms with Crippen LogP contribution in [0.5, 0.6) is 0 Å². The lowest BCUT2D eigenvalue weighted by Crippen LogP contribution is -2.03. The lowest BCUT2D eigenvalue weighted by atomic mass is 10.4. The summed E-state index contributed by atoms with van der Waals surface area (Å²) < 4.78 is 23.6. The average Bonchev–Trinajstić information content (AvgIpc) is 2.40. The molecule has 80 valence electrons. The van der Waals surface area contributed by atoms with Crippen molar-refractivity contribution < 1.29 is 8.42 Å². The molecule has 2 aromatic heterocycles. The number of nitrogens with two attached hydrogens (primary N) is 1. The SMILES string of the molecule is CS(=O)(=O)Cc1cnc2cc(N)nn2c1. The summed E-state index contributed by atoms with van der Waals surface area (Å²) in [6.07, 6.45) is 4.30. The van der Waals surface area contributed by atoms with E-state index < -0.39 is 9.84 Å². The van der Waals surface area contributed by atoms with E-state index in [1.54, 1.807) is 12.3 Å². The van der Waals surface area contributed by atoms with Crippen LogP contribution in [0.4, 0.5) is 5.82 Å². The number of anilines is 1. The Morgan fingerprint density at radius 1 is 1.53 bits per heavy atom. The number of aromatic nitrogens is 3. The van der Waals surface area contributed by atoms with Gasteiger partial charge in [0.2, 0.25) is 0 Å². The molecule has 7 heteroatoms. The normalized spacial score (nSPS) is 12.1. The zero-order valence-corrected chi connectivity index (χ0v) is 8.90. The van der Waals surface area contributed by atoms with E-state index in [1.807, 2.05) is 0 Å². The predicted molar refractivity (Wildman–Crippen MR) is 55.9 cm³/mol. The maximum atomic E-state index is 11.1. The molecule has 15 heavy (non-hydrogen) atoms. The van der Waals surface area contributed by atoms with E-state index in [4.69, 9.17) is 5.73 Å². The van der Waals surface area contributed by atoms with Crippen molar-refractivity contribution in [2.45, 2.75) is 5.75 Å². The van der Waals surface area contributed by atoms with Crippen molar-refractivity contribution >= 4 is 21.3 Å². The summed E-state index contributed by atoms with van der Waals surface area (Å²) in [6, 6.07) is 1.62. The van der Waals surface area contributed by atoms with Gasteiger partial charge >= 0.3 is 0 Å². The third-order valence-corrected chi connectivity index (χ3v) is 2.67. The molecule has 0 amide bonds. The highest BCUT2D eigenvalue weighted by Gasteiger charge is 2.06. The highest BCUT2D eigenvalue weighted by atomic mass is 32.2. The van der Waals surface area contributed by atoms with Crippen molar-refractivity contribution in [3.05, 3.63) is 24.0 Å². The van der Waals surface area contributed by atoms with E-state index in [0.717, 1.165) is 0 Å². The quantitative estimate of drug-likeness (QED) is 0.769. The monoisotopic (exact) mass is 226 g/mol. The zero-order chi connectivity index (χ0) is 11.1. The highest BCUT2D eigenvalue weighted by Crippen LogP contribution is 2.08. The topological polar surface area (TPSA) is 90.3 Å². The van der Waals surface area contributed by atoms with Gasteiger partial charge in [-0.1, -0.05) is 0 Å². The summed E-state index contributed by atoms with van der Waals surface area (Å²) in [5.74, 6) is 0.314. The van der Waals surface area contributed by atoms with Crippen LogP contribution in [0.2, 0.25) is 0 Å². The number of nitrogen functional groups attached to an aromatic ring is 1. The molecule has 0 saturated heterocycles. The molecule has 0 atom stereocenters. The molecule has 2 N–H and O–H groups in total. The maximum absolute atomic E-state index is 11.1. The number of sulfone groups is 1. The van der Waals surface area contributed by atoms with Crippen molar-refractivity contribution in [3.8, 4) is 0 Å². The molecule has 0 bridgehead atoms. The fourth-order valence-electron chi connectivity index (χ4n) is 1.31. The minimum atomic E-state index is -3.05. The molecule has 0 fully saturated rings. The molecule has 2 aromatic rings. The zero-order valence-electron chi connectivity index (χ0n) is 8.08. The van der Waals surface area contributed by atoms with Gasteiger partial charge in [0, 0.05) is 30.3 Å². The number of rotatable bonds is 2. The van der Waals surface area contributed by atoms with Crippen molar-refractivity contribution in [2.75, 3.05) is 12.0 Å². The molecule has 2 heterocycles. The Hall–Kier alpha value is -1.63. The third kappa shape index (κ3) is 2.24. The van der Waals surface area contributed by atoms with Crippen LogP contribution < -0.4 is 5.73 Å². The summed E-state index contributed by atoms with van der Waals surface area (Å²) in [7, 11) is -3.05. The first-order chi connectivity index (χ1) is 6.94. The molecule has 0 radical (unpaired) electrons. The third-order valence-electron chi connectivity index (χ3n) is 1.81. The first kappa shape index (κ1) is 9.91. The standard InChI is InChI=1S/C8H10N4O2S/c1-15(13,14)5-6-3-10-8-2-7(9)11-12(8)4-6/h2-4H,5H2,1H3,(H2,9,11). The Morgan fingerprint density at radius 2 is 2.27 bits per heavy atom. The van der Waals surface area contributed by atoms with Gasteiger partial charge in [0.15, 0.2) is 15.5 Å². The minimum absolute atomic E-state index is 0.0459. The van der Waals surface area contributed by atoms with Gasteiger partial charge < -0.3 is 5.73 Å². The van der Waals surface area contributed by atoms with Gasteiger partial charge in [-0.25, -0.2) is 17.9 Å². The van der Waals surface area contributed by atoms with E-state index >= 15 is 0 Å². The highest BCUT2D eigenvalue weighted by molar-refractivity contribution is 7.89. The minimum Gasteiger partial charge on any atom is -0.382 e. The molecule has 0 aliphatic heterocycles. The van der Waals surface area contributed by atoms with E-state index in [-0.39, 0.29) is 5.75 Å². The van der Waals surface area contributed by atoms with Crippen molar-refractivity contribution in [1.29, 1.82) is 0 Å². The number of hydrogen-bond acceptors (Lipinski definition) is 5. The summed E-state index contributed by atoms with van der Waals surface area (Å²) in [4.78, 5) is 4.04. The van der Waals surface area contributed by atoms with Crippen LogP contribution in [0.25, 0.3) is 5.65 Å². The van der Waals surface area contributed by atoms with Crippen molar-refractivity contribution in [3.63, 3.8) is 0 Å². The number of hydrogen-bond donors (Lipinski definition) is 1. The summed E-state index contributed by atoms with van der Waals surface area (Å²) in [6.45, 7) is 0. The van der Waals surface area contributed by atoms with Crippen LogP contribution in [0.15, 0.2) is 18.5 Å². The van der Waals surface area contributed by atoms with Crippen LogP contribution in [0, 0.1) is 0 Å². The predicted octanol–water partition coefficient (Wildman–Crippen LogP) is -0.144. The Bertz CT molecular complexity index is 602. The first-order valence-corrected chi connectivity index (χ1v) is 6.27. The van der Waals surface area contributed by atoms with Gasteiger partial charge in [-0.15, -0.1) is 5.10 Å². The van der Waals surface area contributed by atoms with Gasteiger partial charge in [0.25, 0.3) is 0 Å². The molecule has 0 aromatic carbocycles. The van der Waals surface area contributed by atoms with Crippen LogP contribution in [0.1, 0.15) is 5.56 Å². The van der Waals surface area contributed by atoms with E-state index in [2.05, 4.69) is 10.1 Å². The Kier molecular flexibility index (Phi) is 2.11. The second-order valence-electron chi connectivity index (χ2n) is 3.40. The number of nitrogens with zero attached hydrogens (tertiary/aromatic N) is 3. The lowest BCUT2D eigenvalue weighted by molar-refractivity contribution is 0.601. The number of fused-ring (bicyclic) bond motifs is 1. The van der Waals surface area contributed by atoms with Crippen LogP contribution in [-0.4, -0.2) is 29.3 Å². The fraction of sp³-hybridized carbons (Fsp3) is 0.250. The molecule has 0 aliphatic carbocycles. The van der Waals surface area contributed by atoms with Gasteiger partial charge in [-0.3, -0.25) is 0 Å². The maximum Gasteiger partial charge on any atom is 0.157 e. The Morgan fingerprint density at radius 3 is 2.93 bits per heavy atom. The molecule has 2 rings (SSSR count). The molecule has 6 nitrogen and oxygen atoms in total. The Labute approximate surface area is 86.7 Å². The molecule has 0 saturated carbocycles. The second kappa shape index (κ2) is 3.20. The van der Waals surface area contributed by atoms with Gasteiger partial charge in [-0.2, -0.15) is 0 Å². The molecule has 0 unspecified atom stereocenters. The smallest absolute Gasteiger partial charge is 0.157 e. The van der Waals surface area contributed by atoms with Gasteiger partial charge in [0.1, 0.15) is 5.82 Å². The second-order valence-corrected chi connectivity index (χ2v) is 5.54. The molecular formula is C8H10N4O2S. The van der Waals surface area contributed by atoms with Crippen LogP contribution >= 0.6 is 0 Å². The van der Waals surface area contributed by atoms with Gasteiger partial charge in [-0.05, 0) is 0 Å².